The molecule has 2 amide bonds. The number of carbonyl (C=O) groups is 1. The lowest BCUT2D eigenvalue weighted by Gasteiger charge is -2.22. The highest BCUT2D eigenvalue weighted by Crippen LogP contribution is 2.34. The van der Waals surface area contributed by atoms with Gasteiger partial charge in [-0.2, -0.15) is 0 Å². The van der Waals surface area contributed by atoms with E-state index in [9.17, 15) is 13.2 Å². The third kappa shape index (κ3) is 3.15. The van der Waals surface area contributed by atoms with Gasteiger partial charge in [-0.3, -0.25) is 0 Å². The monoisotopic (exact) mass is 351 g/mol. The van der Waals surface area contributed by atoms with Gasteiger partial charge in [-0.05, 0) is 37.3 Å². The molecule has 7 heteroatoms. The summed E-state index contributed by atoms with van der Waals surface area (Å²) >= 11 is 0. The molecule has 2 atom stereocenters. The van der Waals surface area contributed by atoms with Crippen LogP contribution in [0.25, 0.3) is 0 Å². The summed E-state index contributed by atoms with van der Waals surface area (Å²) in [5.74, 6) is 0.131. The van der Waals surface area contributed by atoms with Crippen molar-refractivity contribution in [2.24, 2.45) is 5.92 Å². The summed E-state index contributed by atoms with van der Waals surface area (Å²) in [6, 6.07) is 7.51. The summed E-state index contributed by atoms with van der Waals surface area (Å²) in [5, 5.41) is 2.60. The first kappa shape index (κ1) is 17.2. The summed E-state index contributed by atoms with van der Waals surface area (Å²) in [6.45, 7) is 6.05. The molecule has 0 bridgehead atoms. The highest BCUT2D eigenvalue weighted by molar-refractivity contribution is 7.90. The Labute approximate surface area is 143 Å². The minimum Gasteiger partial charge on any atom is -0.324 e. The summed E-state index contributed by atoms with van der Waals surface area (Å²) in [6.07, 6.45) is 1.26. The van der Waals surface area contributed by atoms with E-state index in [-0.39, 0.29) is 17.2 Å². The second-order valence-electron chi connectivity index (χ2n) is 6.60. The molecule has 0 unspecified atom stereocenters. The zero-order valence-electron chi connectivity index (χ0n) is 14.2. The molecular weight excluding hydrogens is 326 g/mol. The molecule has 1 aromatic rings. The number of para-hydroxylation sites is 1. The van der Waals surface area contributed by atoms with Gasteiger partial charge in [0.25, 0.3) is 0 Å². The van der Waals surface area contributed by atoms with Gasteiger partial charge in [0, 0.05) is 31.9 Å². The summed E-state index contributed by atoms with van der Waals surface area (Å²) in [5.41, 5.74) is 1.82. The van der Waals surface area contributed by atoms with Crippen molar-refractivity contribution in [3.8, 4) is 0 Å². The Morgan fingerprint density at radius 3 is 2.67 bits per heavy atom. The van der Waals surface area contributed by atoms with E-state index < -0.39 is 10.0 Å². The highest BCUT2D eigenvalue weighted by Gasteiger charge is 2.46. The van der Waals surface area contributed by atoms with Gasteiger partial charge in [0.2, 0.25) is 10.0 Å². The average Bonchev–Trinajstić information content (AvgIpc) is 2.70. The van der Waals surface area contributed by atoms with Gasteiger partial charge in [-0.15, -0.1) is 0 Å². The maximum Gasteiger partial charge on any atom is 0.321 e. The second kappa shape index (κ2) is 6.72. The molecule has 0 aromatic heterocycles. The number of hydrogen-bond acceptors (Lipinski definition) is 3. The molecule has 2 aliphatic heterocycles. The van der Waals surface area contributed by atoms with E-state index in [1.807, 2.05) is 38.1 Å². The van der Waals surface area contributed by atoms with Crippen LogP contribution in [0.1, 0.15) is 25.3 Å². The fourth-order valence-corrected chi connectivity index (χ4v) is 5.97. The van der Waals surface area contributed by atoms with Crippen molar-refractivity contribution in [3.05, 3.63) is 29.8 Å². The molecule has 1 aromatic carbocycles. The van der Waals surface area contributed by atoms with Crippen molar-refractivity contribution in [1.29, 1.82) is 0 Å². The standard InChI is InChI=1S/C17H25N3O3S/c1-3-20-12-14-8-10-19(11-9-16(14)24(20,22)23)17(21)18-15-7-5-4-6-13(15)2/h4-7,14,16H,3,8-12H2,1-2H3,(H,18,21)/t14-,16-/m1/s1. The molecule has 1 N–H and O–H groups in total. The van der Waals surface area contributed by atoms with Gasteiger partial charge in [0.1, 0.15) is 0 Å². The van der Waals surface area contributed by atoms with Crippen LogP contribution < -0.4 is 5.32 Å². The van der Waals surface area contributed by atoms with Gasteiger partial charge < -0.3 is 10.2 Å². The third-order valence-corrected chi connectivity index (χ3v) is 7.70. The largest absolute Gasteiger partial charge is 0.324 e. The SMILES string of the molecule is CCN1C[C@H]2CCN(C(=O)Nc3ccccc3C)CC[C@H]2S1(=O)=O. The number of amides is 2. The van der Waals surface area contributed by atoms with Crippen molar-refractivity contribution in [2.75, 3.05) is 31.5 Å². The number of aryl methyl sites for hydroxylation is 1. The Morgan fingerprint density at radius 1 is 1.25 bits per heavy atom. The summed E-state index contributed by atoms with van der Waals surface area (Å²) < 4.78 is 26.6. The number of likely N-dealkylation sites (tertiary alicyclic amines) is 1. The van der Waals surface area contributed by atoms with Crippen LogP contribution in [0.2, 0.25) is 0 Å². The number of carbonyl (C=O) groups excluding carboxylic acids is 1. The highest BCUT2D eigenvalue weighted by atomic mass is 32.2. The number of sulfonamides is 1. The van der Waals surface area contributed by atoms with Gasteiger partial charge in [-0.1, -0.05) is 25.1 Å². The zero-order chi connectivity index (χ0) is 17.3. The van der Waals surface area contributed by atoms with Crippen LogP contribution in [0.3, 0.4) is 0 Å². The molecule has 24 heavy (non-hydrogen) atoms. The van der Waals surface area contributed by atoms with Crippen molar-refractivity contribution < 1.29 is 13.2 Å². The summed E-state index contributed by atoms with van der Waals surface area (Å²) in [7, 11) is -3.20. The van der Waals surface area contributed by atoms with E-state index >= 15 is 0 Å². The molecule has 0 spiro atoms. The van der Waals surface area contributed by atoms with Crippen LogP contribution in [0.4, 0.5) is 10.5 Å². The lowest BCUT2D eigenvalue weighted by Crippen LogP contribution is -2.37. The molecule has 0 radical (unpaired) electrons. The number of urea groups is 1. The van der Waals surface area contributed by atoms with E-state index in [0.717, 1.165) is 17.7 Å². The predicted molar refractivity (Wildman–Crippen MR) is 94.4 cm³/mol. The lowest BCUT2D eigenvalue weighted by atomic mass is 10.0. The minimum absolute atomic E-state index is 0.131. The Balaban J connectivity index is 1.67. The molecule has 2 aliphatic rings. The molecular formula is C17H25N3O3S. The van der Waals surface area contributed by atoms with Crippen LogP contribution in [-0.4, -0.2) is 55.1 Å². The quantitative estimate of drug-likeness (QED) is 0.889. The normalized spacial score (nSPS) is 26.7. The van der Waals surface area contributed by atoms with E-state index in [1.165, 1.54) is 0 Å². The third-order valence-electron chi connectivity index (χ3n) is 5.19. The fourth-order valence-electron chi connectivity index (χ4n) is 3.72. The van der Waals surface area contributed by atoms with Crippen LogP contribution in [0.5, 0.6) is 0 Å². The number of nitrogens with zero attached hydrogens (tertiary/aromatic N) is 2. The van der Waals surface area contributed by atoms with E-state index in [4.69, 9.17) is 0 Å². The second-order valence-corrected chi connectivity index (χ2v) is 8.76. The topological polar surface area (TPSA) is 69.7 Å². The van der Waals surface area contributed by atoms with Crippen LogP contribution in [0, 0.1) is 12.8 Å². The van der Waals surface area contributed by atoms with E-state index in [2.05, 4.69) is 5.32 Å². The number of hydrogen-bond donors (Lipinski definition) is 1. The number of fused-ring (bicyclic) bond motifs is 1. The molecule has 2 saturated heterocycles. The fraction of sp³-hybridized carbons (Fsp3) is 0.588. The molecule has 0 aliphatic carbocycles. The molecule has 6 nitrogen and oxygen atoms in total. The first-order valence-corrected chi connectivity index (χ1v) is 10.0. The van der Waals surface area contributed by atoms with Crippen LogP contribution in [-0.2, 0) is 10.0 Å². The Hall–Kier alpha value is -1.60. The Morgan fingerprint density at radius 2 is 1.96 bits per heavy atom. The predicted octanol–water partition coefficient (Wildman–Crippen LogP) is 2.27. The first-order valence-electron chi connectivity index (χ1n) is 8.54. The maximum atomic E-state index is 12.5. The maximum absolute atomic E-state index is 12.5. The number of nitrogens with one attached hydrogen (secondary N) is 1. The zero-order valence-corrected chi connectivity index (χ0v) is 15.1. The molecule has 132 valence electrons. The summed E-state index contributed by atoms with van der Waals surface area (Å²) in [4.78, 5) is 14.3. The van der Waals surface area contributed by atoms with Crippen LogP contribution >= 0.6 is 0 Å². The smallest absolute Gasteiger partial charge is 0.321 e. The number of anilines is 1. The van der Waals surface area contributed by atoms with Crippen molar-refractivity contribution >= 4 is 21.7 Å². The van der Waals surface area contributed by atoms with E-state index in [1.54, 1.807) is 9.21 Å². The van der Waals surface area contributed by atoms with Gasteiger partial charge in [0.05, 0.1) is 5.25 Å². The van der Waals surface area contributed by atoms with Crippen molar-refractivity contribution in [2.45, 2.75) is 31.9 Å². The minimum atomic E-state index is -3.20. The number of rotatable bonds is 2. The lowest BCUT2D eigenvalue weighted by molar-refractivity contribution is 0.212. The first-order chi connectivity index (χ1) is 11.4. The molecule has 3 rings (SSSR count). The van der Waals surface area contributed by atoms with E-state index in [0.29, 0.717) is 32.6 Å². The number of benzene rings is 1. The van der Waals surface area contributed by atoms with Gasteiger partial charge in [-0.25, -0.2) is 17.5 Å². The molecule has 0 saturated carbocycles. The molecule has 2 heterocycles. The van der Waals surface area contributed by atoms with Crippen LogP contribution in [0.15, 0.2) is 24.3 Å². The Bertz CT molecular complexity index is 720. The average molecular weight is 351 g/mol. The molecule has 2 fully saturated rings. The van der Waals surface area contributed by atoms with Gasteiger partial charge in [0.15, 0.2) is 0 Å². The van der Waals surface area contributed by atoms with Gasteiger partial charge >= 0.3 is 6.03 Å². The van der Waals surface area contributed by atoms with Crippen molar-refractivity contribution in [3.63, 3.8) is 0 Å². The van der Waals surface area contributed by atoms with Crippen molar-refractivity contribution in [1.82, 2.24) is 9.21 Å². The Kier molecular flexibility index (Phi) is 4.83.